The zero-order valence-electron chi connectivity index (χ0n) is 14.7. The molecular weight excluding hydrogens is 330 g/mol. The molecule has 0 radical (unpaired) electrons. The average molecular weight is 353 g/mol. The third-order valence-electron chi connectivity index (χ3n) is 6.63. The molecule has 136 valence electrons. The summed E-state index contributed by atoms with van der Waals surface area (Å²) in [6.07, 6.45) is 4.27. The van der Waals surface area contributed by atoms with Crippen LogP contribution in [0.3, 0.4) is 0 Å². The zero-order chi connectivity index (χ0) is 17.9. The minimum Gasteiger partial charge on any atom is -0.322 e. The number of benzene rings is 1. The van der Waals surface area contributed by atoms with Gasteiger partial charge < -0.3 is 10.2 Å². The summed E-state index contributed by atoms with van der Waals surface area (Å²) in [5.74, 6) is 0.0239. The number of piperidine rings is 1. The maximum absolute atomic E-state index is 12.9. The Morgan fingerprint density at radius 3 is 2.65 bits per heavy atom. The van der Waals surface area contributed by atoms with Gasteiger partial charge in [0.05, 0.1) is 0 Å². The van der Waals surface area contributed by atoms with Crippen molar-refractivity contribution in [1.82, 2.24) is 15.5 Å². The zero-order valence-corrected chi connectivity index (χ0v) is 14.7. The molecule has 2 saturated heterocycles. The lowest BCUT2D eigenvalue weighted by Crippen LogP contribution is -2.60. The van der Waals surface area contributed by atoms with Gasteiger partial charge in [-0.05, 0) is 54.2 Å². The summed E-state index contributed by atoms with van der Waals surface area (Å²) in [6.45, 7) is 2.78. The predicted molar refractivity (Wildman–Crippen MR) is 94.2 cm³/mol. The largest absolute Gasteiger partial charge is 0.322 e. The molecule has 6 heteroatoms. The van der Waals surface area contributed by atoms with Gasteiger partial charge in [0.15, 0.2) is 0 Å². The fourth-order valence-corrected chi connectivity index (χ4v) is 5.23. The Morgan fingerprint density at radius 1 is 1.15 bits per heavy atom. The van der Waals surface area contributed by atoms with Crippen LogP contribution in [0.15, 0.2) is 18.2 Å². The van der Waals surface area contributed by atoms with Crippen LogP contribution in [0.4, 0.5) is 0 Å². The topological polar surface area (TPSA) is 78.5 Å². The van der Waals surface area contributed by atoms with Crippen LogP contribution in [0.25, 0.3) is 0 Å². The fraction of sp³-hybridized carbons (Fsp3) is 0.550. The van der Waals surface area contributed by atoms with Gasteiger partial charge in [0.1, 0.15) is 6.04 Å². The van der Waals surface area contributed by atoms with Crippen LogP contribution in [0, 0.1) is 11.3 Å². The third kappa shape index (κ3) is 2.39. The molecule has 0 bridgehead atoms. The summed E-state index contributed by atoms with van der Waals surface area (Å²) in [5, 5.41) is 5.73. The molecule has 1 aromatic rings. The second-order valence-electron chi connectivity index (χ2n) is 8.43. The molecule has 0 aromatic heterocycles. The number of amides is 3. The Labute approximate surface area is 152 Å². The molecule has 2 N–H and O–H groups in total. The molecule has 1 atom stereocenters. The van der Waals surface area contributed by atoms with E-state index >= 15 is 0 Å². The standard InChI is InChI=1S/C20H23N3O3/c24-17-5-4-16(18(25)22-17)23-9-15-13(2-1-3-14(15)19(23)26)6-12-7-20(8-12)10-21-11-20/h1-3,12,16,21H,4-11H2,(H,22,24,25). The van der Waals surface area contributed by atoms with Gasteiger partial charge >= 0.3 is 0 Å². The van der Waals surface area contributed by atoms with Crippen molar-refractivity contribution in [3.05, 3.63) is 34.9 Å². The van der Waals surface area contributed by atoms with Crippen molar-refractivity contribution in [2.75, 3.05) is 13.1 Å². The molecule has 6 nitrogen and oxygen atoms in total. The Bertz CT molecular complexity index is 807. The van der Waals surface area contributed by atoms with Crippen molar-refractivity contribution in [3.63, 3.8) is 0 Å². The van der Waals surface area contributed by atoms with Gasteiger partial charge in [-0.1, -0.05) is 12.1 Å². The van der Waals surface area contributed by atoms with E-state index in [4.69, 9.17) is 0 Å². The molecule has 3 fully saturated rings. The lowest BCUT2D eigenvalue weighted by molar-refractivity contribution is -0.136. The Kier molecular flexibility index (Phi) is 3.47. The van der Waals surface area contributed by atoms with Gasteiger partial charge in [-0.25, -0.2) is 0 Å². The number of hydrogen-bond donors (Lipinski definition) is 2. The molecule has 3 aliphatic heterocycles. The van der Waals surface area contributed by atoms with Crippen LogP contribution in [0.5, 0.6) is 0 Å². The van der Waals surface area contributed by atoms with E-state index in [1.54, 1.807) is 4.90 Å². The fourth-order valence-electron chi connectivity index (χ4n) is 5.23. The van der Waals surface area contributed by atoms with E-state index in [1.165, 1.54) is 18.4 Å². The Hall–Kier alpha value is -2.21. The summed E-state index contributed by atoms with van der Waals surface area (Å²) in [6, 6.07) is 5.42. The van der Waals surface area contributed by atoms with Gasteiger partial charge in [-0.15, -0.1) is 0 Å². The highest BCUT2D eigenvalue weighted by atomic mass is 16.2. The van der Waals surface area contributed by atoms with Gasteiger partial charge in [0.2, 0.25) is 11.8 Å². The second kappa shape index (κ2) is 5.64. The van der Waals surface area contributed by atoms with E-state index in [-0.39, 0.29) is 17.7 Å². The van der Waals surface area contributed by atoms with Crippen molar-refractivity contribution >= 4 is 17.7 Å². The number of nitrogens with zero attached hydrogens (tertiary/aromatic N) is 1. The molecule has 1 aliphatic carbocycles. The van der Waals surface area contributed by atoms with Crippen LogP contribution < -0.4 is 10.6 Å². The number of carbonyl (C=O) groups is 3. The van der Waals surface area contributed by atoms with Crippen molar-refractivity contribution in [3.8, 4) is 0 Å². The quantitative estimate of drug-likeness (QED) is 0.795. The highest BCUT2D eigenvalue weighted by Gasteiger charge is 2.48. The van der Waals surface area contributed by atoms with Crippen LogP contribution >= 0.6 is 0 Å². The molecule has 1 saturated carbocycles. The number of nitrogens with one attached hydrogen (secondary N) is 2. The van der Waals surface area contributed by atoms with Crippen molar-refractivity contribution < 1.29 is 14.4 Å². The van der Waals surface area contributed by atoms with Crippen LogP contribution in [0.1, 0.15) is 47.2 Å². The smallest absolute Gasteiger partial charge is 0.255 e. The lowest BCUT2D eigenvalue weighted by Gasteiger charge is -2.54. The molecule has 1 aromatic carbocycles. The number of rotatable bonds is 3. The summed E-state index contributed by atoms with van der Waals surface area (Å²) in [7, 11) is 0. The summed E-state index contributed by atoms with van der Waals surface area (Å²) >= 11 is 0. The van der Waals surface area contributed by atoms with Crippen LogP contribution in [-0.2, 0) is 22.6 Å². The van der Waals surface area contributed by atoms with Crippen molar-refractivity contribution in [2.24, 2.45) is 11.3 Å². The van der Waals surface area contributed by atoms with Gasteiger partial charge in [-0.3, -0.25) is 19.7 Å². The van der Waals surface area contributed by atoms with Gasteiger partial charge in [0.25, 0.3) is 5.91 Å². The molecule has 1 unspecified atom stereocenters. The summed E-state index contributed by atoms with van der Waals surface area (Å²) in [5.41, 5.74) is 3.61. The van der Waals surface area contributed by atoms with Crippen LogP contribution in [0.2, 0.25) is 0 Å². The first-order chi connectivity index (χ1) is 12.5. The van der Waals surface area contributed by atoms with Crippen LogP contribution in [-0.4, -0.2) is 41.8 Å². The maximum Gasteiger partial charge on any atom is 0.255 e. The van der Waals surface area contributed by atoms with E-state index in [1.807, 2.05) is 12.1 Å². The minimum absolute atomic E-state index is 0.0791. The molecule has 5 rings (SSSR count). The van der Waals surface area contributed by atoms with Crippen molar-refractivity contribution in [1.29, 1.82) is 0 Å². The normalized spacial score (nSPS) is 27.2. The average Bonchev–Trinajstić information content (AvgIpc) is 2.87. The van der Waals surface area contributed by atoms with E-state index in [2.05, 4.69) is 16.7 Å². The second-order valence-corrected chi connectivity index (χ2v) is 8.43. The van der Waals surface area contributed by atoms with E-state index in [9.17, 15) is 14.4 Å². The Balaban J connectivity index is 1.33. The molecule has 4 aliphatic rings. The summed E-state index contributed by atoms with van der Waals surface area (Å²) in [4.78, 5) is 38.1. The lowest BCUT2D eigenvalue weighted by atomic mass is 9.57. The van der Waals surface area contributed by atoms with Gasteiger partial charge in [-0.2, -0.15) is 0 Å². The molecule has 3 amide bonds. The molecule has 1 spiro atoms. The van der Waals surface area contributed by atoms with Gasteiger partial charge in [0, 0.05) is 31.6 Å². The first kappa shape index (κ1) is 16.0. The van der Waals surface area contributed by atoms with Crippen molar-refractivity contribution in [2.45, 2.75) is 44.7 Å². The monoisotopic (exact) mass is 353 g/mol. The minimum atomic E-state index is -0.534. The number of fused-ring (bicyclic) bond motifs is 1. The highest BCUT2D eigenvalue weighted by molar-refractivity contribution is 6.05. The third-order valence-corrected chi connectivity index (χ3v) is 6.63. The summed E-state index contributed by atoms with van der Waals surface area (Å²) < 4.78 is 0. The molecule has 3 heterocycles. The molecular formula is C20H23N3O3. The highest BCUT2D eigenvalue weighted by Crippen LogP contribution is 2.50. The van der Waals surface area contributed by atoms with E-state index < -0.39 is 6.04 Å². The molecule has 26 heavy (non-hydrogen) atoms. The SMILES string of the molecule is O=C1CCC(N2Cc3c(CC4CC5(CNC5)C4)cccc3C2=O)C(=O)N1. The predicted octanol–water partition coefficient (Wildman–Crippen LogP) is 0.990. The Morgan fingerprint density at radius 2 is 1.96 bits per heavy atom. The number of carbonyl (C=O) groups excluding carboxylic acids is 3. The maximum atomic E-state index is 12.9. The first-order valence-electron chi connectivity index (χ1n) is 9.51. The number of hydrogen-bond acceptors (Lipinski definition) is 4. The van der Waals surface area contributed by atoms with E-state index in [0.717, 1.165) is 30.6 Å². The number of imide groups is 1. The first-order valence-corrected chi connectivity index (χ1v) is 9.51. The van der Waals surface area contributed by atoms with E-state index in [0.29, 0.717) is 30.7 Å².